The van der Waals surface area contributed by atoms with E-state index < -0.39 is 10.0 Å². The van der Waals surface area contributed by atoms with Crippen LogP contribution in [0.3, 0.4) is 0 Å². The van der Waals surface area contributed by atoms with Crippen LogP contribution in [0.4, 0.5) is 5.69 Å². The monoisotopic (exact) mass is 278 g/mol. The van der Waals surface area contributed by atoms with Crippen molar-refractivity contribution in [3.63, 3.8) is 0 Å². The zero-order valence-corrected chi connectivity index (χ0v) is 10.7. The molecule has 98 valence electrons. The van der Waals surface area contributed by atoms with Gasteiger partial charge in [0.25, 0.3) is 0 Å². The molecular formula is C11H10N4O3S. The van der Waals surface area contributed by atoms with Gasteiger partial charge in [0.15, 0.2) is 0 Å². The largest absolute Gasteiger partial charge is 0.495 e. The summed E-state index contributed by atoms with van der Waals surface area (Å²) in [6, 6.07) is 7.50. The molecule has 0 radical (unpaired) electrons. The van der Waals surface area contributed by atoms with Crippen molar-refractivity contribution < 1.29 is 13.2 Å². The van der Waals surface area contributed by atoms with Gasteiger partial charge in [0.2, 0.25) is 10.0 Å². The fraction of sp³-hybridized carbons (Fsp3) is 0.0909. The smallest absolute Gasteiger partial charge is 0.241 e. The molecule has 3 N–H and O–H groups in total. The Bertz CT molecular complexity index is 680. The molecule has 1 rings (SSSR count). The van der Waals surface area contributed by atoms with Crippen molar-refractivity contribution in [3.8, 4) is 17.9 Å². The molecule has 0 atom stereocenters. The van der Waals surface area contributed by atoms with Crippen LogP contribution >= 0.6 is 0 Å². The van der Waals surface area contributed by atoms with Gasteiger partial charge in [0.05, 0.1) is 7.11 Å². The Labute approximate surface area is 110 Å². The number of rotatable bonds is 4. The number of benzene rings is 1. The summed E-state index contributed by atoms with van der Waals surface area (Å²) in [7, 11) is -2.61. The molecule has 19 heavy (non-hydrogen) atoms. The summed E-state index contributed by atoms with van der Waals surface area (Å²) in [6.07, 6.45) is 1.16. The SMILES string of the molecule is COc1ccc(NC=C(C#N)C#N)cc1S(N)(=O)=O. The standard InChI is InChI=1S/C11H10N4O3S/c1-18-10-3-2-9(4-11(10)19(14,16)17)15-7-8(5-12)6-13/h2-4,7,15H,1H3,(H2,14,16,17). The van der Waals surface area contributed by atoms with Crippen molar-refractivity contribution in [2.24, 2.45) is 5.14 Å². The molecule has 0 heterocycles. The summed E-state index contributed by atoms with van der Waals surface area (Å²) in [5.74, 6) is 0.109. The van der Waals surface area contributed by atoms with E-state index >= 15 is 0 Å². The van der Waals surface area contributed by atoms with Gasteiger partial charge in [0, 0.05) is 11.9 Å². The summed E-state index contributed by atoms with van der Waals surface area (Å²) in [4.78, 5) is -0.191. The first kappa shape index (κ1) is 14.5. The Balaban J connectivity index is 3.18. The quantitative estimate of drug-likeness (QED) is 0.779. The van der Waals surface area contributed by atoms with E-state index in [0.29, 0.717) is 5.69 Å². The second-order valence-corrected chi connectivity index (χ2v) is 4.87. The lowest BCUT2D eigenvalue weighted by Crippen LogP contribution is -2.13. The van der Waals surface area contributed by atoms with Crippen LogP contribution in [-0.4, -0.2) is 15.5 Å². The molecule has 0 fully saturated rings. The highest BCUT2D eigenvalue weighted by molar-refractivity contribution is 7.89. The van der Waals surface area contributed by atoms with Gasteiger partial charge in [-0.3, -0.25) is 0 Å². The Morgan fingerprint density at radius 2 is 2.05 bits per heavy atom. The Morgan fingerprint density at radius 1 is 1.42 bits per heavy atom. The maximum Gasteiger partial charge on any atom is 0.241 e. The topological polar surface area (TPSA) is 129 Å². The minimum atomic E-state index is -3.93. The number of nitriles is 2. The predicted molar refractivity (Wildman–Crippen MR) is 67.3 cm³/mol. The third-order valence-electron chi connectivity index (χ3n) is 2.09. The first-order valence-electron chi connectivity index (χ1n) is 4.90. The molecule has 0 amide bonds. The fourth-order valence-corrected chi connectivity index (χ4v) is 1.96. The lowest BCUT2D eigenvalue weighted by molar-refractivity contribution is 0.403. The number of ether oxygens (including phenoxy) is 1. The van der Waals surface area contributed by atoms with Crippen LogP contribution in [0.2, 0.25) is 0 Å². The molecule has 0 saturated carbocycles. The normalized spacial score (nSPS) is 9.89. The number of hydrogen-bond acceptors (Lipinski definition) is 6. The maximum atomic E-state index is 11.4. The molecular weight excluding hydrogens is 268 g/mol. The molecule has 1 aromatic rings. The molecule has 0 saturated heterocycles. The van der Waals surface area contributed by atoms with Crippen LogP contribution in [0.5, 0.6) is 5.75 Å². The first-order chi connectivity index (χ1) is 8.92. The lowest BCUT2D eigenvalue weighted by Gasteiger charge is -2.08. The number of sulfonamides is 1. The van der Waals surface area contributed by atoms with Crippen molar-refractivity contribution >= 4 is 15.7 Å². The van der Waals surface area contributed by atoms with Gasteiger partial charge in [-0.25, -0.2) is 13.6 Å². The number of primary sulfonamides is 1. The number of nitrogens with zero attached hydrogens (tertiary/aromatic N) is 2. The fourth-order valence-electron chi connectivity index (χ4n) is 1.23. The van der Waals surface area contributed by atoms with Crippen molar-refractivity contribution in [1.29, 1.82) is 10.5 Å². The minimum Gasteiger partial charge on any atom is -0.495 e. The number of nitrogens with two attached hydrogens (primary N) is 1. The Hall–Kier alpha value is -2.55. The van der Waals surface area contributed by atoms with Gasteiger partial charge < -0.3 is 10.1 Å². The Kier molecular flexibility index (Phi) is 4.48. The zero-order valence-electron chi connectivity index (χ0n) is 9.91. The lowest BCUT2D eigenvalue weighted by atomic mass is 10.3. The van der Waals surface area contributed by atoms with Gasteiger partial charge in [-0.1, -0.05) is 0 Å². The van der Waals surface area contributed by atoms with E-state index in [2.05, 4.69) is 5.32 Å². The molecule has 0 aliphatic rings. The number of anilines is 1. The summed E-state index contributed by atoms with van der Waals surface area (Å²) in [6.45, 7) is 0. The summed E-state index contributed by atoms with van der Waals surface area (Å²) in [5.41, 5.74) is 0.209. The van der Waals surface area contributed by atoms with Crippen molar-refractivity contribution in [3.05, 3.63) is 30.0 Å². The minimum absolute atomic E-state index is 0.109. The number of hydrogen-bond donors (Lipinski definition) is 2. The number of allylic oxidation sites excluding steroid dienone is 1. The third-order valence-corrected chi connectivity index (χ3v) is 3.03. The van der Waals surface area contributed by atoms with Crippen molar-refractivity contribution in [1.82, 2.24) is 0 Å². The average Bonchev–Trinajstić information content (AvgIpc) is 2.38. The van der Waals surface area contributed by atoms with Crippen LogP contribution in [0.25, 0.3) is 0 Å². The summed E-state index contributed by atoms with van der Waals surface area (Å²) < 4.78 is 27.6. The van der Waals surface area contributed by atoms with E-state index in [-0.39, 0.29) is 16.2 Å². The van der Waals surface area contributed by atoms with Crippen LogP contribution < -0.4 is 15.2 Å². The molecule has 0 aromatic heterocycles. The molecule has 8 heteroatoms. The predicted octanol–water partition coefficient (Wildman–Crippen LogP) is 0.686. The van der Waals surface area contributed by atoms with Crippen LogP contribution in [0.15, 0.2) is 34.9 Å². The highest BCUT2D eigenvalue weighted by Crippen LogP contribution is 2.26. The van der Waals surface area contributed by atoms with E-state index in [0.717, 1.165) is 6.20 Å². The number of nitrogens with one attached hydrogen (secondary N) is 1. The van der Waals surface area contributed by atoms with E-state index in [9.17, 15) is 8.42 Å². The van der Waals surface area contributed by atoms with E-state index in [4.69, 9.17) is 20.4 Å². The third kappa shape index (κ3) is 3.71. The van der Waals surface area contributed by atoms with Crippen molar-refractivity contribution in [2.75, 3.05) is 12.4 Å². The summed E-state index contributed by atoms with van der Waals surface area (Å²) in [5, 5.41) is 24.8. The van der Waals surface area contributed by atoms with Gasteiger partial charge in [-0.15, -0.1) is 0 Å². The zero-order chi connectivity index (χ0) is 14.5. The maximum absolute atomic E-state index is 11.4. The average molecular weight is 278 g/mol. The highest BCUT2D eigenvalue weighted by atomic mass is 32.2. The summed E-state index contributed by atoms with van der Waals surface area (Å²) >= 11 is 0. The highest BCUT2D eigenvalue weighted by Gasteiger charge is 2.15. The molecule has 0 bridgehead atoms. The van der Waals surface area contributed by atoms with Gasteiger partial charge in [0.1, 0.15) is 28.4 Å². The van der Waals surface area contributed by atoms with Crippen LogP contribution in [0.1, 0.15) is 0 Å². The molecule has 7 nitrogen and oxygen atoms in total. The second-order valence-electron chi connectivity index (χ2n) is 3.34. The van der Waals surface area contributed by atoms with Crippen LogP contribution in [0, 0.1) is 22.7 Å². The Morgan fingerprint density at radius 3 is 2.53 bits per heavy atom. The van der Waals surface area contributed by atoms with Gasteiger partial charge in [-0.05, 0) is 18.2 Å². The second kappa shape index (κ2) is 5.87. The molecule has 0 unspecified atom stereocenters. The van der Waals surface area contributed by atoms with E-state index in [1.165, 1.54) is 25.3 Å². The van der Waals surface area contributed by atoms with Gasteiger partial charge in [-0.2, -0.15) is 10.5 Å². The van der Waals surface area contributed by atoms with Gasteiger partial charge >= 0.3 is 0 Å². The van der Waals surface area contributed by atoms with E-state index in [1.54, 1.807) is 12.1 Å². The molecule has 0 aliphatic carbocycles. The van der Waals surface area contributed by atoms with Crippen molar-refractivity contribution in [2.45, 2.75) is 4.90 Å². The number of methoxy groups -OCH3 is 1. The first-order valence-corrected chi connectivity index (χ1v) is 6.44. The van der Waals surface area contributed by atoms with Crippen LogP contribution in [-0.2, 0) is 10.0 Å². The molecule has 0 spiro atoms. The van der Waals surface area contributed by atoms with E-state index in [1.807, 2.05) is 0 Å². The molecule has 1 aromatic carbocycles. The molecule has 0 aliphatic heterocycles.